The monoisotopic (exact) mass is 496 g/mol. The molecule has 0 radical (unpaired) electrons. The highest BCUT2D eigenvalue weighted by molar-refractivity contribution is 7.90. The lowest BCUT2D eigenvalue weighted by molar-refractivity contribution is 0.296. The second-order valence-electron chi connectivity index (χ2n) is 8.19. The van der Waals surface area contributed by atoms with Crippen molar-refractivity contribution in [3.63, 3.8) is 0 Å². The lowest BCUT2D eigenvalue weighted by Crippen LogP contribution is -2.29. The number of hydrogen-bond donors (Lipinski definition) is 1. The Labute approximate surface area is 203 Å². The van der Waals surface area contributed by atoms with Crippen molar-refractivity contribution in [2.45, 2.75) is 26.3 Å². The summed E-state index contributed by atoms with van der Waals surface area (Å²) in [5, 5.41) is 0. The number of aromatic nitrogens is 4. The third-order valence-electron chi connectivity index (χ3n) is 5.73. The molecule has 0 saturated carbocycles. The molecule has 0 amide bonds. The summed E-state index contributed by atoms with van der Waals surface area (Å²) in [4.78, 5) is 25.0. The number of nitrogens with zero attached hydrogens (tertiary/aromatic N) is 3. The molecule has 0 aliphatic heterocycles. The smallest absolute Gasteiger partial charge is 0.328 e. The molecule has 4 aromatic rings. The van der Waals surface area contributed by atoms with Crippen LogP contribution in [0.2, 0.25) is 0 Å². The summed E-state index contributed by atoms with van der Waals surface area (Å²) in [5.74, 6) is 0.301. The molecule has 1 aromatic carbocycles. The van der Waals surface area contributed by atoms with Crippen molar-refractivity contribution in [1.82, 2.24) is 19.5 Å². The highest BCUT2D eigenvalue weighted by atomic mass is 32.2. The average molecular weight is 497 g/mol. The number of hydrogen-bond acceptors (Lipinski definition) is 7. The molecule has 184 valence electrons. The molecule has 0 bridgehead atoms. The topological polar surface area (TPSA) is 116 Å². The summed E-state index contributed by atoms with van der Waals surface area (Å²) in [6.07, 6.45) is 3.68. The predicted molar refractivity (Wildman–Crippen MR) is 135 cm³/mol. The largest absolute Gasteiger partial charge is 0.491 e. The Kier molecular flexibility index (Phi) is 6.93. The van der Waals surface area contributed by atoms with E-state index in [1.54, 1.807) is 18.3 Å². The van der Waals surface area contributed by atoms with Crippen molar-refractivity contribution in [2.24, 2.45) is 0 Å². The molecule has 1 atom stereocenters. The van der Waals surface area contributed by atoms with E-state index in [1.807, 2.05) is 31.2 Å². The normalized spacial score (nSPS) is 12.6. The number of H-pyrrole nitrogens is 1. The second kappa shape index (κ2) is 9.91. The summed E-state index contributed by atoms with van der Waals surface area (Å²) >= 11 is 0. The first-order valence-corrected chi connectivity index (χ1v) is 13.4. The number of ether oxygens (including phenoxy) is 2. The highest BCUT2D eigenvalue weighted by Gasteiger charge is 2.27. The highest BCUT2D eigenvalue weighted by Crippen LogP contribution is 2.30. The molecule has 1 N–H and O–H groups in total. The van der Waals surface area contributed by atoms with E-state index in [4.69, 9.17) is 9.47 Å². The number of aryl methyl sites for hydroxylation is 1. The van der Waals surface area contributed by atoms with E-state index in [1.165, 1.54) is 11.7 Å². The average Bonchev–Trinajstić information content (AvgIpc) is 3.16. The van der Waals surface area contributed by atoms with Gasteiger partial charge in [0.15, 0.2) is 11.4 Å². The third kappa shape index (κ3) is 5.07. The van der Waals surface area contributed by atoms with Crippen LogP contribution >= 0.6 is 0 Å². The zero-order chi connectivity index (χ0) is 25.2. The van der Waals surface area contributed by atoms with Crippen LogP contribution in [0.5, 0.6) is 11.6 Å². The van der Waals surface area contributed by atoms with E-state index in [9.17, 15) is 13.2 Å². The Morgan fingerprint density at radius 2 is 1.91 bits per heavy atom. The minimum absolute atomic E-state index is 0.227. The summed E-state index contributed by atoms with van der Waals surface area (Å²) in [5.41, 5.74) is 3.79. The summed E-state index contributed by atoms with van der Waals surface area (Å²) in [6.45, 7) is 4.24. The van der Waals surface area contributed by atoms with Crippen molar-refractivity contribution in [3.8, 4) is 22.8 Å². The van der Waals surface area contributed by atoms with Crippen LogP contribution in [-0.4, -0.2) is 53.7 Å². The van der Waals surface area contributed by atoms with Gasteiger partial charge in [0.1, 0.15) is 9.84 Å². The van der Waals surface area contributed by atoms with E-state index in [0.29, 0.717) is 29.2 Å². The van der Waals surface area contributed by atoms with Crippen molar-refractivity contribution < 1.29 is 17.9 Å². The fourth-order valence-corrected chi connectivity index (χ4v) is 5.06. The van der Waals surface area contributed by atoms with Crippen molar-refractivity contribution >= 4 is 21.0 Å². The lowest BCUT2D eigenvalue weighted by atomic mass is 9.99. The molecule has 9 nitrogen and oxygen atoms in total. The predicted octanol–water partition coefficient (Wildman–Crippen LogP) is 3.39. The number of imidazole rings is 1. The molecular weight excluding hydrogens is 468 g/mol. The van der Waals surface area contributed by atoms with Crippen LogP contribution in [0.3, 0.4) is 0 Å². The van der Waals surface area contributed by atoms with Gasteiger partial charge >= 0.3 is 5.69 Å². The van der Waals surface area contributed by atoms with Gasteiger partial charge in [0.25, 0.3) is 5.88 Å². The number of methoxy groups -OCH3 is 1. The number of benzene rings is 1. The number of aromatic amines is 1. The number of sulfone groups is 1. The van der Waals surface area contributed by atoms with Crippen LogP contribution in [0.25, 0.3) is 22.3 Å². The fraction of sp³-hybridized carbons (Fsp3) is 0.320. The Bertz CT molecular complexity index is 1520. The van der Waals surface area contributed by atoms with Crippen LogP contribution in [0.1, 0.15) is 31.1 Å². The Morgan fingerprint density at radius 1 is 1.14 bits per heavy atom. The molecule has 0 spiro atoms. The maximum absolute atomic E-state index is 13.1. The van der Waals surface area contributed by atoms with Crippen molar-refractivity contribution in [3.05, 3.63) is 70.4 Å². The van der Waals surface area contributed by atoms with Gasteiger partial charge in [0, 0.05) is 18.0 Å². The van der Waals surface area contributed by atoms with Gasteiger partial charge in [-0.15, -0.1) is 0 Å². The van der Waals surface area contributed by atoms with Gasteiger partial charge in [-0.1, -0.05) is 31.2 Å². The molecule has 3 heterocycles. The van der Waals surface area contributed by atoms with Gasteiger partial charge in [0.05, 0.1) is 36.7 Å². The second-order valence-corrected chi connectivity index (χ2v) is 10.4. The minimum atomic E-state index is -3.50. The zero-order valence-corrected chi connectivity index (χ0v) is 20.9. The molecule has 3 aromatic heterocycles. The maximum Gasteiger partial charge on any atom is 0.328 e. The van der Waals surface area contributed by atoms with Gasteiger partial charge in [-0.25, -0.2) is 23.2 Å². The molecule has 35 heavy (non-hydrogen) atoms. The van der Waals surface area contributed by atoms with Gasteiger partial charge in [-0.3, -0.25) is 4.57 Å². The van der Waals surface area contributed by atoms with Crippen molar-refractivity contribution in [2.75, 3.05) is 25.7 Å². The Morgan fingerprint density at radius 3 is 2.60 bits per heavy atom. The summed E-state index contributed by atoms with van der Waals surface area (Å²) in [6, 6.07) is 12.2. The molecule has 10 heteroatoms. The Balaban J connectivity index is 1.88. The van der Waals surface area contributed by atoms with E-state index in [2.05, 4.69) is 27.9 Å². The van der Waals surface area contributed by atoms with E-state index in [-0.39, 0.29) is 11.6 Å². The Hall–Kier alpha value is -3.66. The molecule has 0 unspecified atom stereocenters. The van der Waals surface area contributed by atoms with E-state index in [0.717, 1.165) is 29.4 Å². The molecule has 0 aliphatic rings. The maximum atomic E-state index is 13.1. The molecular formula is C25H28N4O5S. The van der Waals surface area contributed by atoms with Gasteiger partial charge in [0.2, 0.25) is 0 Å². The first-order valence-electron chi connectivity index (χ1n) is 11.3. The number of rotatable bonds is 9. The lowest BCUT2D eigenvalue weighted by Gasteiger charge is -2.19. The van der Waals surface area contributed by atoms with Gasteiger partial charge in [-0.2, -0.15) is 0 Å². The van der Waals surface area contributed by atoms with Crippen LogP contribution < -0.4 is 15.2 Å². The van der Waals surface area contributed by atoms with Gasteiger partial charge in [-0.05, 0) is 42.7 Å². The number of nitrogens with one attached hydrogen (secondary N) is 1. The van der Waals surface area contributed by atoms with Crippen molar-refractivity contribution in [1.29, 1.82) is 0 Å². The summed E-state index contributed by atoms with van der Waals surface area (Å²) < 4.78 is 37.0. The van der Waals surface area contributed by atoms with Crippen LogP contribution in [-0.2, 0) is 16.3 Å². The first kappa shape index (κ1) is 24.5. The van der Waals surface area contributed by atoms with E-state index >= 15 is 0 Å². The zero-order valence-electron chi connectivity index (χ0n) is 20.1. The van der Waals surface area contributed by atoms with Crippen LogP contribution in [0, 0.1) is 0 Å². The molecule has 0 fully saturated rings. The molecule has 0 saturated heterocycles. The standard InChI is InChI=1S/C25H28N4O5S/c1-5-16-9-7-8-10-18(16)17-13-20-23(26-14-17)29(25(30)28-20)21(15-35(4,31)32)19-11-12-22(33-3)24(27-19)34-6-2/h7-14,21H,5-6,15H2,1-4H3,(H,28,30)/t21-/m1/s1. The van der Waals surface area contributed by atoms with E-state index < -0.39 is 21.6 Å². The van der Waals surface area contributed by atoms with Crippen LogP contribution in [0.4, 0.5) is 0 Å². The minimum Gasteiger partial charge on any atom is -0.491 e. The SMILES string of the molecule is CCOc1nc([C@@H](CS(C)(=O)=O)n2c(=O)[nH]c3cc(-c4ccccc4CC)cnc32)ccc1OC. The number of pyridine rings is 2. The molecule has 0 aliphatic carbocycles. The van der Waals surface area contributed by atoms with Crippen LogP contribution in [0.15, 0.2) is 53.5 Å². The first-order chi connectivity index (χ1) is 16.8. The fourth-order valence-electron chi connectivity index (χ4n) is 4.16. The summed E-state index contributed by atoms with van der Waals surface area (Å²) in [7, 11) is -2.00. The molecule has 4 rings (SSSR count). The number of fused-ring (bicyclic) bond motifs is 1. The quantitative estimate of drug-likeness (QED) is 0.378. The third-order valence-corrected chi connectivity index (χ3v) is 6.65. The van der Waals surface area contributed by atoms with Gasteiger partial charge < -0.3 is 14.5 Å².